The molecule has 9 heteroatoms. The second-order valence-corrected chi connectivity index (χ2v) is 14.3. The Labute approximate surface area is 273 Å². The van der Waals surface area contributed by atoms with Crippen LogP contribution in [0.2, 0.25) is 0 Å². The van der Waals surface area contributed by atoms with Crippen LogP contribution in [0, 0.1) is 6.92 Å². The van der Waals surface area contributed by atoms with Crippen LogP contribution in [0.5, 0.6) is 5.75 Å². The molecule has 2 amide bonds. The summed E-state index contributed by atoms with van der Waals surface area (Å²) in [5.41, 5.74) is 3.48. The summed E-state index contributed by atoms with van der Waals surface area (Å²) in [4.78, 5) is 29.7. The molecule has 46 heavy (non-hydrogen) atoms. The summed E-state index contributed by atoms with van der Waals surface area (Å²) in [6.07, 6.45) is 1.33. The minimum Gasteiger partial charge on any atom is -0.489 e. The van der Waals surface area contributed by atoms with Crippen molar-refractivity contribution in [2.24, 2.45) is 0 Å². The van der Waals surface area contributed by atoms with Gasteiger partial charge in [-0.15, -0.1) is 0 Å². The number of benzene rings is 4. The largest absolute Gasteiger partial charge is 0.489 e. The number of nitrogens with zero attached hydrogens (tertiary/aromatic N) is 2. The van der Waals surface area contributed by atoms with E-state index < -0.39 is 34.1 Å². The van der Waals surface area contributed by atoms with Crippen molar-refractivity contribution in [3.63, 3.8) is 0 Å². The monoisotopic (exact) mass is 641 g/mol. The summed E-state index contributed by atoms with van der Waals surface area (Å²) in [5, 5.41) is 3.04. The summed E-state index contributed by atoms with van der Waals surface area (Å²) in [6, 6.07) is 32.6. The van der Waals surface area contributed by atoms with Crippen molar-refractivity contribution in [2.45, 2.75) is 58.8 Å². The van der Waals surface area contributed by atoms with E-state index in [9.17, 15) is 18.0 Å². The zero-order valence-corrected chi connectivity index (χ0v) is 28.0. The van der Waals surface area contributed by atoms with Crippen LogP contribution in [0.4, 0.5) is 5.69 Å². The lowest BCUT2D eigenvalue weighted by atomic mass is 10.00. The predicted molar refractivity (Wildman–Crippen MR) is 183 cm³/mol. The molecule has 242 valence electrons. The van der Waals surface area contributed by atoms with Gasteiger partial charge in [-0.2, -0.15) is 0 Å². The molecule has 4 aromatic rings. The molecule has 0 saturated carbocycles. The van der Waals surface area contributed by atoms with Gasteiger partial charge in [0.05, 0.1) is 11.9 Å². The molecule has 0 saturated heterocycles. The van der Waals surface area contributed by atoms with Gasteiger partial charge in [0, 0.05) is 18.5 Å². The van der Waals surface area contributed by atoms with E-state index >= 15 is 0 Å². The Bertz CT molecular complexity index is 1700. The van der Waals surface area contributed by atoms with Crippen molar-refractivity contribution in [3.05, 3.63) is 131 Å². The molecule has 8 nitrogen and oxygen atoms in total. The van der Waals surface area contributed by atoms with Crippen LogP contribution in [0.3, 0.4) is 0 Å². The number of aryl methyl sites for hydroxylation is 1. The normalized spacial score (nSPS) is 12.2. The molecule has 0 unspecified atom stereocenters. The maximum absolute atomic E-state index is 14.3. The predicted octanol–water partition coefficient (Wildman–Crippen LogP) is 5.89. The summed E-state index contributed by atoms with van der Waals surface area (Å²) >= 11 is 0. The van der Waals surface area contributed by atoms with Crippen molar-refractivity contribution in [1.82, 2.24) is 10.2 Å². The third-order valence-corrected chi connectivity index (χ3v) is 8.56. The fraction of sp³-hybridized carbons (Fsp3) is 0.297. The zero-order chi connectivity index (χ0) is 33.3. The first-order chi connectivity index (χ1) is 21.8. The van der Waals surface area contributed by atoms with E-state index in [0.29, 0.717) is 18.0 Å². The van der Waals surface area contributed by atoms with Crippen LogP contribution in [-0.2, 0) is 39.2 Å². The minimum atomic E-state index is -3.88. The molecular formula is C37H43N3O5S. The lowest BCUT2D eigenvalue weighted by molar-refractivity contribution is -0.140. The summed E-state index contributed by atoms with van der Waals surface area (Å²) in [7, 11) is -3.88. The second kappa shape index (κ2) is 15.1. The van der Waals surface area contributed by atoms with Crippen molar-refractivity contribution >= 4 is 27.5 Å². The Morgan fingerprint density at radius 2 is 1.37 bits per heavy atom. The lowest BCUT2D eigenvalue weighted by Crippen LogP contribution is -2.56. The van der Waals surface area contributed by atoms with Gasteiger partial charge in [0.2, 0.25) is 21.8 Å². The molecule has 0 aliphatic heterocycles. The molecule has 1 atom stereocenters. The first-order valence-corrected chi connectivity index (χ1v) is 17.1. The van der Waals surface area contributed by atoms with Crippen LogP contribution in [-0.4, -0.2) is 49.5 Å². The van der Waals surface area contributed by atoms with Gasteiger partial charge < -0.3 is 15.0 Å². The van der Waals surface area contributed by atoms with Crippen molar-refractivity contribution in [3.8, 4) is 5.75 Å². The highest BCUT2D eigenvalue weighted by atomic mass is 32.2. The highest BCUT2D eigenvalue weighted by Crippen LogP contribution is 2.24. The number of hydrogen-bond acceptors (Lipinski definition) is 5. The average molecular weight is 642 g/mol. The molecule has 0 fully saturated rings. The molecule has 0 aliphatic carbocycles. The third-order valence-electron chi connectivity index (χ3n) is 7.42. The Balaban J connectivity index is 1.66. The summed E-state index contributed by atoms with van der Waals surface area (Å²) < 4.78 is 33.2. The van der Waals surface area contributed by atoms with Gasteiger partial charge in [-0.05, 0) is 74.2 Å². The number of anilines is 1. The Hall–Kier alpha value is -4.63. The number of amides is 2. The molecule has 0 spiro atoms. The van der Waals surface area contributed by atoms with E-state index in [4.69, 9.17) is 4.74 Å². The highest BCUT2D eigenvalue weighted by Gasteiger charge is 2.34. The molecule has 0 radical (unpaired) electrons. The van der Waals surface area contributed by atoms with Gasteiger partial charge in [-0.1, -0.05) is 84.9 Å². The first-order valence-electron chi connectivity index (χ1n) is 15.2. The van der Waals surface area contributed by atoms with Gasteiger partial charge in [0.25, 0.3) is 0 Å². The minimum absolute atomic E-state index is 0.129. The van der Waals surface area contributed by atoms with Crippen LogP contribution in [0.25, 0.3) is 0 Å². The standard InChI is InChI=1S/C37H43N3O5S/c1-28-14-12-13-19-31(28)25-39(34(36(42)38-37(2,3)4)24-29-15-8-6-9-16-29)35(41)26-40(46(5,43)44)32-20-22-33(23-21-32)45-27-30-17-10-7-11-18-30/h6-23,34H,24-27H2,1-5H3,(H,38,42)/t34-/m0/s1. The lowest BCUT2D eigenvalue weighted by Gasteiger charge is -2.35. The topological polar surface area (TPSA) is 96.0 Å². The first kappa shape index (κ1) is 34.2. The number of ether oxygens (including phenoxy) is 1. The highest BCUT2D eigenvalue weighted by molar-refractivity contribution is 7.92. The fourth-order valence-electron chi connectivity index (χ4n) is 5.04. The summed E-state index contributed by atoms with van der Waals surface area (Å²) in [5.74, 6) is -0.248. The number of rotatable bonds is 13. The average Bonchev–Trinajstić information content (AvgIpc) is 3.01. The molecule has 0 heterocycles. The number of hydrogen-bond donors (Lipinski definition) is 1. The zero-order valence-electron chi connectivity index (χ0n) is 27.1. The van der Waals surface area contributed by atoms with E-state index in [0.717, 1.165) is 32.8 Å². The van der Waals surface area contributed by atoms with E-state index in [-0.39, 0.29) is 18.9 Å². The van der Waals surface area contributed by atoms with Gasteiger partial charge >= 0.3 is 0 Å². The molecular weight excluding hydrogens is 598 g/mol. The van der Waals surface area contributed by atoms with Crippen LogP contribution >= 0.6 is 0 Å². The SMILES string of the molecule is Cc1ccccc1CN(C(=O)CN(c1ccc(OCc2ccccc2)cc1)S(C)(=O)=O)[C@@H](Cc1ccccc1)C(=O)NC(C)(C)C. The molecule has 0 aliphatic rings. The Morgan fingerprint density at radius 3 is 1.93 bits per heavy atom. The van der Waals surface area contributed by atoms with E-state index in [1.165, 1.54) is 4.90 Å². The molecule has 4 aromatic carbocycles. The maximum atomic E-state index is 14.3. The molecule has 4 rings (SSSR count). The number of carbonyl (C=O) groups excluding carboxylic acids is 2. The van der Waals surface area contributed by atoms with Crippen LogP contribution < -0.4 is 14.4 Å². The Kier molecular flexibility index (Phi) is 11.2. The summed E-state index contributed by atoms with van der Waals surface area (Å²) in [6.45, 7) is 7.61. The Morgan fingerprint density at radius 1 is 0.804 bits per heavy atom. The van der Waals surface area contributed by atoms with Crippen LogP contribution in [0.1, 0.15) is 43.0 Å². The van der Waals surface area contributed by atoms with E-state index in [1.54, 1.807) is 24.3 Å². The molecule has 0 aromatic heterocycles. The van der Waals surface area contributed by atoms with Gasteiger partial charge in [-0.25, -0.2) is 8.42 Å². The van der Waals surface area contributed by atoms with Crippen LogP contribution in [0.15, 0.2) is 109 Å². The second-order valence-electron chi connectivity index (χ2n) is 12.4. The number of sulfonamides is 1. The molecule has 1 N–H and O–H groups in total. The van der Waals surface area contributed by atoms with Gasteiger partial charge in [0.1, 0.15) is 24.9 Å². The smallest absolute Gasteiger partial charge is 0.244 e. The fourth-order valence-corrected chi connectivity index (χ4v) is 5.89. The van der Waals surface area contributed by atoms with Crippen molar-refractivity contribution in [2.75, 3.05) is 17.1 Å². The molecule has 0 bridgehead atoms. The quantitative estimate of drug-likeness (QED) is 0.196. The number of carbonyl (C=O) groups is 2. The maximum Gasteiger partial charge on any atom is 0.244 e. The third kappa shape index (κ3) is 9.94. The van der Waals surface area contributed by atoms with Crippen molar-refractivity contribution in [1.29, 1.82) is 0 Å². The van der Waals surface area contributed by atoms with E-state index in [1.807, 2.05) is 113 Å². The number of nitrogens with one attached hydrogen (secondary N) is 1. The van der Waals surface area contributed by atoms with Gasteiger partial charge in [0.15, 0.2) is 0 Å². The van der Waals surface area contributed by atoms with E-state index in [2.05, 4.69) is 5.32 Å². The van der Waals surface area contributed by atoms with Gasteiger partial charge in [-0.3, -0.25) is 13.9 Å². The van der Waals surface area contributed by atoms with Crippen molar-refractivity contribution < 1.29 is 22.7 Å².